The first kappa shape index (κ1) is 13.4. The standard InChI is InChI=1S/C16H28N2O/c1-13-11-17-12-14(13)15(19)18-9-7-16(8-10-18)5-3-2-4-6-16/h13-14,17H,2-12H2,1H3/t13-,14-/m1/s1. The Labute approximate surface area is 117 Å². The van der Waals surface area contributed by atoms with Crippen LogP contribution in [0.2, 0.25) is 0 Å². The number of nitrogens with one attached hydrogen (secondary N) is 1. The van der Waals surface area contributed by atoms with Crippen LogP contribution in [0.15, 0.2) is 0 Å². The largest absolute Gasteiger partial charge is 0.342 e. The molecule has 3 heteroatoms. The molecule has 2 heterocycles. The predicted molar refractivity (Wildman–Crippen MR) is 76.9 cm³/mol. The average molecular weight is 264 g/mol. The third-order valence-electron chi connectivity index (χ3n) is 5.88. The minimum Gasteiger partial charge on any atom is -0.342 e. The molecule has 0 radical (unpaired) electrons. The molecule has 108 valence electrons. The number of piperidine rings is 1. The molecular weight excluding hydrogens is 236 g/mol. The third-order valence-corrected chi connectivity index (χ3v) is 5.88. The van der Waals surface area contributed by atoms with Crippen LogP contribution in [0.25, 0.3) is 0 Å². The van der Waals surface area contributed by atoms with Gasteiger partial charge in [-0.2, -0.15) is 0 Å². The highest BCUT2D eigenvalue weighted by Gasteiger charge is 2.39. The van der Waals surface area contributed by atoms with E-state index in [9.17, 15) is 4.79 Å². The van der Waals surface area contributed by atoms with Crippen LogP contribution in [-0.4, -0.2) is 37.0 Å². The van der Waals surface area contributed by atoms with Gasteiger partial charge in [-0.05, 0) is 43.6 Å². The Morgan fingerprint density at radius 1 is 1.05 bits per heavy atom. The molecule has 3 aliphatic rings. The van der Waals surface area contributed by atoms with Crippen molar-refractivity contribution in [1.82, 2.24) is 10.2 Å². The summed E-state index contributed by atoms with van der Waals surface area (Å²) in [6.07, 6.45) is 9.60. The van der Waals surface area contributed by atoms with Gasteiger partial charge in [0.25, 0.3) is 0 Å². The van der Waals surface area contributed by atoms with Crippen LogP contribution in [0, 0.1) is 17.3 Å². The molecule has 2 saturated heterocycles. The highest BCUT2D eigenvalue weighted by Crippen LogP contribution is 2.44. The molecule has 2 atom stereocenters. The first-order valence-electron chi connectivity index (χ1n) is 8.20. The lowest BCUT2D eigenvalue weighted by Crippen LogP contribution is -2.47. The van der Waals surface area contributed by atoms with Gasteiger partial charge in [-0.25, -0.2) is 0 Å². The average Bonchev–Trinajstić information content (AvgIpc) is 2.86. The molecule has 0 unspecified atom stereocenters. The Morgan fingerprint density at radius 2 is 1.74 bits per heavy atom. The zero-order valence-electron chi connectivity index (χ0n) is 12.3. The molecule has 1 aliphatic carbocycles. The summed E-state index contributed by atoms with van der Waals surface area (Å²) in [5, 5.41) is 3.35. The lowest BCUT2D eigenvalue weighted by molar-refractivity contribution is -0.138. The number of hydrogen-bond donors (Lipinski definition) is 1. The lowest BCUT2D eigenvalue weighted by atomic mass is 9.68. The van der Waals surface area contributed by atoms with E-state index in [0.717, 1.165) is 26.2 Å². The number of likely N-dealkylation sites (tertiary alicyclic amines) is 1. The monoisotopic (exact) mass is 264 g/mol. The van der Waals surface area contributed by atoms with Gasteiger partial charge in [0.1, 0.15) is 0 Å². The summed E-state index contributed by atoms with van der Waals surface area (Å²) in [6, 6.07) is 0. The molecule has 1 N–H and O–H groups in total. The summed E-state index contributed by atoms with van der Waals surface area (Å²) in [4.78, 5) is 14.7. The van der Waals surface area contributed by atoms with Gasteiger partial charge >= 0.3 is 0 Å². The van der Waals surface area contributed by atoms with Crippen LogP contribution in [-0.2, 0) is 4.79 Å². The van der Waals surface area contributed by atoms with Gasteiger partial charge in [0.2, 0.25) is 5.91 Å². The van der Waals surface area contributed by atoms with E-state index in [-0.39, 0.29) is 5.92 Å². The fourth-order valence-electron chi connectivity index (χ4n) is 4.38. The van der Waals surface area contributed by atoms with E-state index in [0.29, 0.717) is 17.2 Å². The Bertz CT molecular complexity index is 326. The molecular formula is C16H28N2O. The normalized spacial score (nSPS) is 34.7. The molecule has 3 fully saturated rings. The number of nitrogens with zero attached hydrogens (tertiary/aromatic N) is 1. The minimum absolute atomic E-state index is 0.236. The molecule has 0 aromatic carbocycles. The van der Waals surface area contributed by atoms with Gasteiger partial charge in [0.15, 0.2) is 0 Å². The van der Waals surface area contributed by atoms with Crippen LogP contribution in [0.3, 0.4) is 0 Å². The van der Waals surface area contributed by atoms with E-state index < -0.39 is 0 Å². The number of rotatable bonds is 1. The Hall–Kier alpha value is -0.570. The second-order valence-electron chi connectivity index (χ2n) is 7.13. The van der Waals surface area contributed by atoms with Gasteiger partial charge in [0.05, 0.1) is 5.92 Å². The summed E-state index contributed by atoms with van der Waals surface area (Å²) < 4.78 is 0. The van der Waals surface area contributed by atoms with E-state index in [2.05, 4.69) is 17.1 Å². The van der Waals surface area contributed by atoms with Crippen LogP contribution >= 0.6 is 0 Å². The second-order valence-corrected chi connectivity index (χ2v) is 7.13. The van der Waals surface area contributed by atoms with Gasteiger partial charge < -0.3 is 10.2 Å². The fourth-order valence-corrected chi connectivity index (χ4v) is 4.38. The van der Waals surface area contributed by atoms with Crippen molar-refractivity contribution in [3.8, 4) is 0 Å². The van der Waals surface area contributed by atoms with E-state index in [1.807, 2.05) is 0 Å². The second kappa shape index (κ2) is 5.43. The maximum atomic E-state index is 12.6. The van der Waals surface area contributed by atoms with E-state index >= 15 is 0 Å². The SMILES string of the molecule is C[C@@H]1CNC[C@H]1C(=O)N1CCC2(CCCCC2)CC1. The molecule has 3 rings (SSSR count). The van der Waals surface area contributed by atoms with Crippen molar-refractivity contribution < 1.29 is 4.79 Å². The summed E-state index contributed by atoms with van der Waals surface area (Å²) >= 11 is 0. The van der Waals surface area contributed by atoms with E-state index in [1.165, 1.54) is 44.9 Å². The zero-order valence-corrected chi connectivity index (χ0v) is 12.3. The van der Waals surface area contributed by atoms with Crippen molar-refractivity contribution in [2.24, 2.45) is 17.3 Å². The minimum atomic E-state index is 0.236. The smallest absolute Gasteiger partial charge is 0.227 e. The highest BCUT2D eigenvalue weighted by atomic mass is 16.2. The summed E-state index contributed by atoms with van der Waals surface area (Å²) in [5.41, 5.74) is 0.606. The molecule has 0 aromatic heterocycles. The highest BCUT2D eigenvalue weighted by molar-refractivity contribution is 5.79. The maximum Gasteiger partial charge on any atom is 0.227 e. The van der Waals surface area contributed by atoms with Gasteiger partial charge in [-0.15, -0.1) is 0 Å². The number of carbonyl (C=O) groups is 1. The third kappa shape index (κ3) is 2.67. The lowest BCUT2D eigenvalue weighted by Gasteiger charge is -2.45. The predicted octanol–water partition coefficient (Wildman–Crippen LogP) is 2.41. The first-order valence-corrected chi connectivity index (χ1v) is 8.20. The van der Waals surface area contributed by atoms with Gasteiger partial charge in [-0.3, -0.25) is 4.79 Å². The molecule has 1 saturated carbocycles. The van der Waals surface area contributed by atoms with Gasteiger partial charge in [-0.1, -0.05) is 26.2 Å². The van der Waals surface area contributed by atoms with Crippen LogP contribution in [0.4, 0.5) is 0 Å². The van der Waals surface area contributed by atoms with E-state index in [1.54, 1.807) is 0 Å². The molecule has 0 bridgehead atoms. The van der Waals surface area contributed by atoms with Gasteiger partial charge in [0, 0.05) is 19.6 Å². The van der Waals surface area contributed by atoms with E-state index in [4.69, 9.17) is 0 Å². The summed E-state index contributed by atoms with van der Waals surface area (Å²) in [5.74, 6) is 1.17. The number of amides is 1. The van der Waals surface area contributed by atoms with Crippen molar-refractivity contribution in [3.63, 3.8) is 0 Å². The van der Waals surface area contributed by atoms with Crippen LogP contribution < -0.4 is 5.32 Å². The quantitative estimate of drug-likeness (QED) is 0.789. The van der Waals surface area contributed by atoms with Crippen molar-refractivity contribution in [2.45, 2.75) is 51.9 Å². The Morgan fingerprint density at radius 3 is 2.32 bits per heavy atom. The van der Waals surface area contributed by atoms with Crippen molar-refractivity contribution in [2.75, 3.05) is 26.2 Å². The molecule has 0 aromatic rings. The Balaban J connectivity index is 1.56. The maximum absolute atomic E-state index is 12.6. The molecule has 19 heavy (non-hydrogen) atoms. The molecule has 1 spiro atoms. The summed E-state index contributed by atoms with van der Waals surface area (Å²) in [7, 11) is 0. The number of hydrogen-bond acceptors (Lipinski definition) is 2. The first-order chi connectivity index (χ1) is 9.20. The zero-order chi connectivity index (χ0) is 13.3. The van der Waals surface area contributed by atoms with Crippen molar-refractivity contribution in [1.29, 1.82) is 0 Å². The van der Waals surface area contributed by atoms with Crippen molar-refractivity contribution in [3.05, 3.63) is 0 Å². The Kier molecular flexibility index (Phi) is 3.84. The molecule has 3 nitrogen and oxygen atoms in total. The molecule has 1 amide bonds. The fraction of sp³-hybridized carbons (Fsp3) is 0.938. The van der Waals surface area contributed by atoms with Crippen LogP contribution in [0.5, 0.6) is 0 Å². The summed E-state index contributed by atoms with van der Waals surface area (Å²) in [6.45, 7) is 6.13. The number of carbonyl (C=O) groups excluding carboxylic acids is 1. The van der Waals surface area contributed by atoms with Crippen molar-refractivity contribution >= 4 is 5.91 Å². The van der Waals surface area contributed by atoms with Crippen LogP contribution in [0.1, 0.15) is 51.9 Å². The molecule has 2 aliphatic heterocycles. The topological polar surface area (TPSA) is 32.3 Å².